The molecule has 2 rings (SSSR count). The lowest BCUT2D eigenvalue weighted by Crippen LogP contribution is -2.30. The van der Waals surface area contributed by atoms with E-state index in [0.717, 1.165) is 11.8 Å². The van der Waals surface area contributed by atoms with Gasteiger partial charge in [0.05, 0.1) is 0 Å². The van der Waals surface area contributed by atoms with E-state index in [9.17, 15) is 0 Å². The van der Waals surface area contributed by atoms with Gasteiger partial charge in [0, 0.05) is 0 Å². The standard InChI is InChI=1S/C12H20/c1-11(2,3)10-9-5-7-12(10,4)8-6-9/h5,7,9-10H,6,8H2,1-4H3. The van der Waals surface area contributed by atoms with Crippen LogP contribution in [0, 0.1) is 22.7 Å². The minimum absolute atomic E-state index is 0.486. The van der Waals surface area contributed by atoms with Gasteiger partial charge in [-0.15, -0.1) is 0 Å². The summed E-state index contributed by atoms with van der Waals surface area (Å²) in [6.07, 6.45) is 7.77. The topological polar surface area (TPSA) is 0 Å². The molecule has 1 saturated carbocycles. The summed E-state index contributed by atoms with van der Waals surface area (Å²) in [5, 5.41) is 0. The van der Waals surface area contributed by atoms with E-state index in [1.54, 1.807) is 0 Å². The van der Waals surface area contributed by atoms with Gasteiger partial charge in [-0.2, -0.15) is 0 Å². The molecule has 12 heavy (non-hydrogen) atoms. The highest BCUT2D eigenvalue weighted by molar-refractivity contribution is 5.20. The molecule has 0 spiro atoms. The smallest absolute Gasteiger partial charge is 0.0107 e. The molecule has 2 aliphatic rings. The molecular formula is C12H20. The van der Waals surface area contributed by atoms with Crippen molar-refractivity contribution in [1.82, 2.24) is 0 Å². The largest absolute Gasteiger partial charge is 0.0845 e. The summed E-state index contributed by atoms with van der Waals surface area (Å²) in [6.45, 7) is 9.61. The number of allylic oxidation sites excluding steroid dienone is 2. The molecule has 0 nitrogen and oxygen atoms in total. The van der Waals surface area contributed by atoms with Gasteiger partial charge in [-0.05, 0) is 35.5 Å². The molecule has 0 amide bonds. The van der Waals surface area contributed by atoms with Crippen LogP contribution in [0.15, 0.2) is 12.2 Å². The first kappa shape index (κ1) is 8.34. The van der Waals surface area contributed by atoms with Crippen molar-refractivity contribution in [3.63, 3.8) is 0 Å². The molecule has 3 unspecified atom stereocenters. The zero-order valence-electron chi connectivity index (χ0n) is 8.72. The summed E-state index contributed by atoms with van der Waals surface area (Å²) >= 11 is 0. The van der Waals surface area contributed by atoms with Crippen molar-refractivity contribution < 1.29 is 0 Å². The zero-order chi connectivity index (χ0) is 8.98. The second-order valence-corrected chi connectivity index (χ2v) is 5.91. The van der Waals surface area contributed by atoms with Gasteiger partial charge in [0.1, 0.15) is 0 Å². The highest BCUT2D eigenvalue weighted by atomic mass is 14.6. The second kappa shape index (κ2) is 2.16. The maximum atomic E-state index is 2.47. The summed E-state index contributed by atoms with van der Waals surface area (Å²) < 4.78 is 0. The Morgan fingerprint density at radius 2 is 2.00 bits per heavy atom. The molecule has 0 aromatic carbocycles. The molecule has 0 aliphatic heterocycles. The Hall–Kier alpha value is -0.260. The molecule has 0 heterocycles. The van der Waals surface area contributed by atoms with E-state index in [1.165, 1.54) is 12.8 Å². The summed E-state index contributed by atoms with van der Waals surface area (Å²) in [6, 6.07) is 0. The third-order valence-corrected chi connectivity index (χ3v) is 3.81. The SMILES string of the molecule is CC(C)(C)C1C2C=CC1(C)CC2. The third kappa shape index (κ3) is 0.967. The Kier molecular flexibility index (Phi) is 1.50. The normalized spacial score (nSPS) is 45.7. The first-order valence-corrected chi connectivity index (χ1v) is 5.13. The van der Waals surface area contributed by atoms with Crippen molar-refractivity contribution in [3.8, 4) is 0 Å². The van der Waals surface area contributed by atoms with Crippen molar-refractivity contribution in [3.05, 3.63) is 12.2 Å². The molecule has 0 radical (unpaired) electrons. The van der Waals surface area contributed by atoms with E-state index in [1.807, 2.05) is 0 Å². The third-order valence-electron chi connectivity index (χ3n) is 3.81. The van der Waals surface area contributed by atoms with Crippen LogP contribution in [0.2, 0.25) is 0 Å². The summed E-state index contributed by atoms with van der Waals surface area (Å²) in [5.41, 5.74) is 1.02. The number of hydrogen-bond acceptors (Lipinski definition) is 0. The molecule has 2 aliphatic carbocycles. The predicted molar refractivity (Wildman–Crippen MR) is 52.9 cm³/mol. The molecule has 0 aromatic heterocycles. The highest BCUT2D eigenvalue weighted by Crippen LogP contribution is 2.59. The average Bonchev–Trinajstić information content (AvgIpc) is 2.37. The van der Waals surface area contributed by atoms with Crippen LogP contribution in [-0.4, -0.2) is 0 Å². The molecule has 3 atom stereocenters. The van der Waals surface area contributed by atoms with E-state index in [2.05, 4.69) is 39.8 Å². The van der Waals surface area contributed by atoms with E-state index in [-0.39, 0.29) is 0 Å². The molecule has 0 heteroatoms. The first-order chi connectivity index (χ1) is 5.43. The van der Waals surface area contributed by atoms with Crippen LogP contribution in [0.25, 0.3) is 0 Å². The Morgan fingerprint density at radius 1 is 1.33 bits per heavy atom. The van der Waals surface area contributed by atoms with Crippen LogP contribution in [0.1, 0.15) is 40.5 Å². The quantitative estimate of drug-likeness (QED) is 0.479. The van der Waals surface area contributed by atoms with E-state index in [4.69, 9.17) is 0 Å². The van der Waals surface area contributed by atoms with Crippen LogP contribution in [-0.2, 0) is 0 Å². The monoisotopic (exact) mass is 164 g/mol. The van der Waals surface area contributed by atoms with Gasteiger partial charge in [-0.25, -0.2) is 0 Å². The first-order valence-electron chi connectivity index (χ1n) is 5.13. The Balaban J connectivity index is 2.31. The number of fused-ring (bicyclic) bond motifs is 2. The van der Waals surface area contributed by atoms with Gasteiger partial charge in [0.25, 0.3) is 0 Å². The minimum atomic E-state index is 0.486. The van der Waals surface area contributed by atoms with Gasteiger partial charge in [-0.3, -0.25) is 0 Å². The number of rotatable bonds is 0. The Labute approximate surface area is 76.1 Å². The lowest BCUT2D eigenvalue weighted by atomic mass is 9.67. The van der Waals surface area contributed by atoms with Crippen molar-refractivity contribution in [2.75, 3.05) is 0 Å². The molecule has 2 bridgehead atoms. The van der Waals surface area contributed by atoms with Gasteiger partial charge in [0.2, 0.25) is 0 Å². The van der Waals surface area contributed by atoms with Gasteiger partial charge >= 0.3 is 0 Å². The maximum absolute atomic E-state index is 2.47. The molecule has 68 valence electrons. The maximum Gasteiger partial charge on any atom is -0.0107 e. The predicted octanol–water partition coefficient (Wildman–Crippen LogP) is 3.63. The molecule has 0 aromatic rings. The summed E-state index contributed by atoms with van der Waals surface area (Å²) in [4.78, 5) is 0. The number of hydrogen-bond donors (Lipinski definition) is 0. The van der Waals surface area contributed by atoms with E-state index < -0.39 is 0 Å². The van der Waals surface area contributed by atoms with Crippen molar-refractivity contribution in [2.24, 2.45) is 22.7 Å². The molecular weight excluding hydrogens is 144 g/mol. The Bertz CT molecular complexity index is 219. The summed E-state index contributed by atoms with van der Waals surface area (Å²) in [5.74, 6) is 1.78. The van der Waals surface area contributed by atoms with Gasteiger partial charge in [-0.1, -0.05) is 39.8 Å². The van der Waals surface area contributed by atoms with Crippen LogP contribution in [0.5, 0.6) is 0 Å². The van der Waals surface area contributed by atoms with Crippen molar-refractivity contribution in [1.29, 1.82) is 0 Å². The highest BCUT2D eigenvalue weighted by Gasteiger charge is 2.51. The van der Waals surface area contributed by atoms with Gasteiger partial charge in [0.15, 0.2) is 0 Å². The van der Waals surface area contributed by atoms with Crippen molar-refractivity contribution in [2.45, 2.75) is 40.5 Å². The summed E-state index contributed by atoms with van der Waals surface area (Å²) in [7, 11) is 0. The average molecular weight is 164 g/mol. The van der Waals surface area contributed by atoms with Crippen LogP contribution >= 0.6 is 0 Å². The Morgan fingerprint density at radius 3 is 2.17 bits per heavy atom. The van der Waals surface area contributed by atoms with Gasteiger partial charge < -0.3 is 0 Å². The van der Waals surface area contributed by atoms with Crippen LogP contribution in [0.4, 0.5) is 0 Å². The fraction of sp³-hybridized carbons (Fsp3) is 0.833. The minimum Gasteiger partial charge on any atom is -0.0845 e. The van der Waals surface area contributed by atoms with Crippen LogP contribution < -0.4 is 0 Å². The lowest BCUT2D eigenvalue weighted by molar-refractivity contribution is 0.135. The lowest BCUT2D eigenvalue weighted by Gasteiger charge is -2.37. The molecule has 0 N–H and O–H groups in total. The fourth-order valence-electron chi connectivity index (χ4n) is 3.66. The molecule has 1 fully saturated rings. The van der Waals surface area contributed by atoms with E-state index >= 15 is 0 Å². The van der Waals surface area contributed by atoms with Crippen LogP contribution in [0.3, 0.4) is 0 Å². The van der Waals surface area contributed by atoms with Crippen molar-refractivity contribution >= 4 is 0 Å². The second-order valence-electron chi connectivity index (χ2n) is 5.91. The zero-order valence-corrected chi connectivity index (χ0v) is 8.72. The fourth-order valence-corrected chi connectivity index (χ4v) is 3.66. The van der Waals surface area contributed by atoms with E-state index in [0.29, 0.717) is 10.8 Å². The molecule has 0 saturated heterocycles.